The zero-order valence-electron chi connectivity index (χ0n) is 13.8. The second kappa shape index (κ2) is 6.87. The third kappa shape index (κ3) is 4.61. The van der Waals surface area contributed by atoms with E-state index in [1.165, 1.54) is 4.88 Å². The van der Waals surface area contributed by atoms with E-state index in [-0.39, 0.29) is 5.41 Å². The molecule has 0 aliphatic rings. The molecule has 0 saturated heterocycles. The molecule has 0 aliphatic heterocycles. The Hall–Kier alpha value is -1.28. The molecule has 2 rings (SSSR count). The maximum Gasteiger partial charge on any atom is 0.109 e. The molecule has 0 bridgehead atoms. The first-order chi connectivity index (χ1) is 10.3. The predicted octanol–water partition coefficient (Wildman–Crippen LogP) is 3.86. The predicted molar refractivity (Wildman–Crippen MR) is 94.8 cm³/mol. The van der Waals surface area contributed by atoms with E-state index in [4.69, 9.17) is 11.6 Å². The van der Waals surface area contributed by atoms with Crippen LogP contribution in [0.2, 0.25) is 4.34 Å². The van der Waals surface area contributed by atoms with Crippen LogP contribution in [0.3, 0.4) is 0 Å². The number of rotatable bonds is 3. The number of likely N-dealkylation sites (N-methyl/N-ethyl adjacent to an activating group) is 1. The van der Waals surface area contributed by atoms with Crippen LogP contribution in [0.1, 0.15) is 36.8 Å². The molecule has 0 saturated carbocycles. The van der Waals surface area contributed by atoms with E-state index in [2.05, 4.69) is 62.8 Å². The maximum absolute atomic E-state index is 6.30. The van der Waals surface area contributed by atoms with Crippen LogP contribution in [0, 0.1) is 11.8 Å². The summed E-state index contributed by atoms with van der Waals surface area (Å²) in [5.74, 6) is 6.31. The Labute approximate surface area is 141 Å². The Bertz CT molecular complexity index is 696. The molecule has 2 aromatic heterocycles. The summed E-state index contributed by atoms with van der Waals surface area (Å²) in [7, 11) is 4.10. The number of aromatic nitrogens is 2. The minimum absolute atomic E-state index is 0.102. The first-order valence-electron chi connectivity index (χ1n) is 7.25. The molecule has 0 N–H and O–H groups in total. The summed E-state index contributed by atoms with van der Waals surface area (Å²) < 4.78 is 2.68. The zero-order chi connectivity index (χ0) is 16.3. The van der Waals surface area contributed by atoms with Gasteiger partial charge in [0.1, 0.15) is 4.34 Å². The van der Waals surface area contributed by atoms with Crippen molar-refractivity contribution in [2.24, 2.45) is 0 Å². The molecule has 0 fully saturated rings. The lowest BCUT2D eigenvalue weighted by atomic mass is 9.94. The van der Waals surface area contributed by atoms with Crippen molar-refractivity contribution < 1.29 is 0 Å². The van der Waals surface area contributed by atoms with Gasteiger partial charge in [-0.1, -0.05) is 44.2 Å². The van der Waals surface area contributed by atoms with Crippen molar-refractivity contribution in [3.05, 3.63) is 38.8 Å². The van der Waals surface area contributed by atoms with E-state index in [9.17, 15) is 0 Å². The summed E-state index contributed by atoms with van der Waals surface area (Å²) >= 11 is 7.91. The van der Waals surface area contributed by atoms with Crippen LogP contribution in [0.25, 0.3) is 0 Å². The van der Waals surface area contributed by atoms with Crippen molar-refractivity contribution in [2.45, 2.75) is 32.7 Å². The van der Waals surface area contributed by atoms with Crippen LogP contribution < -0.4 is 0 Å². The Morgan fingerprint density at radius 3 is 2.64 bits per heavy atom. The quantitative estimate of drug-likeness (QED) is 0.794. The largest absolute Gasteiger partial charge is 0.308 e. The van der Waals surface area contributed by atoms with Gasteiger partial charge in [-0.15, -0.1) is 11.3 Å². The molecule has 22 heavy (non-hydrogen) atoms. The fourth-order valence-corrected chi connectivity index (χ4v) is 3.06. The Morgan fingerprint density at radius 1 is 1.32 bits per heavy atom. The van der Waals surface area contributed by atoms with Gasteiger partial charge in [0.2, 0.25) is 0 Å². The van der Waals surface area contributed by atoms with Crippen molar-refractivity contribution in [1.82, 2.24) is 14.7 Å². The smallest absolute Gasteiger partial charge is 0.109 e. The molecule has 0 amide bonds. The Kier molecular flexibility index (Phi) is 5.33. The monoisotopic (exact) mass is 335 g/mol. The van der Waals surface area contributed by atoms with Crippen LogP contribution in [-0.4, -0.2) is 35.3 Å². The SMILES string of the molecule is CN(C)CCn1cc(C#Cc2cc(C(C)(C)C)sc2Cl)cn1. The summed E-state index contributed by atoms with van der Waals surface area (Å²) in [6.07, 6.45) is 3.77. The van der Waals surface area contributed by atoms with E-state index in [1.54, 1.807) is 17.5 Å². The van der Waals surface area contributed by atoms with Crippen LogP contribution in [0.15, 0.2) is 18.5 Å². The average Bonchev–Trinajstić information content (AvgIpc) is 3.00. The van der Waals surface area contributed by atoms with Crippen LogP contribution in [0.5, 0.6) is 0 Å². The minimum Gasteiger partial charge on any atom is -0.308 e. The van der Waals surface area contributed by atoms with Gasteiger partial charge in [-0.05, 0) is 25.6 Å². The third-order valence-corrected chi connectivity index (χ3v) is 4.96. The molecule has 0 aliphatic carbocycles. The minimum atomic E-state index is 0.102. The first kappa shape index (κ1) is 17.1. The molecular weight excluding hydrogens is 314 g/mol. The molecular formula is C17H22ClN3S. The van der Waals surface area contributed by atoms with Gasteiger partial charge in [0.15, 0.2) is 0 Å². The second-order valence-corrected chi connectivity index (χ2v) is 8.25. The van der Waals surface area contributed by atoms with Gasteiger partial charge >= 0.3 is 0 Å². The summed E-state index contributed by atoms with van der Waals surface area (Å²) in [6.45, 7) is 8.37. The summed E-state index contributed by atoms with van der Waals surface area (Å²) in [5.41, 5.74) is 1.92. The van der Waals surface area contributed by atoms with Crippen molar-refractivity contribution in [2.75, 3.05) is 20.6 Å². The van der Waals surface area contributed by atoms with Gasteiger partial charge in [-0.3, -0.25) is 4.68 Å². The Balaban J connectivity index is 2.12. The van der Waals surface area contributed by atoms with Crippen LogP contribution in [0.4, 0.5) is 0 Å². The van der Waals surface area contributed by atoms with Crippen molar-refractivity contribution in [1.29, 1.82) is 0 Å². The van der Waals surface area contributed by atoms with Gasteiger partial charge in [0.25, 0.3) is 0 Å². The average molecular weight is 336 g/mol. The van der Waals surface area contributed by atoms with Crippen molar-refractivity contribution in [3.63, 3.8) is 0 Å². The molecule has 0 spiro atoms. The van der Waals surface area contributed by atoms with Crippen molar-refractivity contribution in [3.8, 4) is 11.8 Å². The van der Waals surface area contributed by atoms with E-state index in [0.29, 0.717) is 0 Å². The van der Waals surface area contributed by atoms with Gasteiger partial charge in [0, 0.05) is 17.6 Å². The highest BCUT2D eigenvalue weighted by Gasteiger charge is 2.18. The van der Waals surface area contributed by atoms with Gasteiger partial charge in [-0.25, -0.2) is 0 Å². The molecule has 2 aromatic rings. The van der Waals surface area contributed by atoms with E-state index >= 15 is 0 Å². The lowest BCUT2D eigenvalue weighted by molar-refractivity contribution is 0.373. The lowest BCUT2D eigenvalue weighted by Crippen LogP contribution is -2.18. The lowest BCUT2D eigenvalue weighted by Gasteiger charge is -2.14. The Morgan fingerprint density at radius 2 is 2.05 bits per heavy atom. The topological polar surface area (TPSA) is 21.1 Å². The van der Waals surface area contributed by atoms with Gasteiger partial charge in [-0.2, -0.15) is 5.10 Å². The summed E-state index contributed by atoms with van der Waals surface area (Å²) in [5, 5.41) is 4.32. The normalized spacial score (nSPS) is 11.6. The molecule has 3 nitrogen and oxygen atoms in total. The zero-order valence-corrected chi connectivity index (χ0v) is 15.3. The number of nitrogens with zero attached hydrogens (tertiary/aromatic N) is 3. The fraction of sp³-hybridized carbons (Fsp3) is 0.471. The highest BCUT2D eigenvalue weighted by Crippen LogP contribution is 2.35. The van der Waals surface area contributed by atoms with E-state index in [0.717, 1.165) is 28.6 Å². The van der Waals surface area contributed by atoms with Crippen LogP contribution in [-0.2, 0) is 12.0 Å². The molecule has 0 atom stereocenters. The number of thiophene rings is 1. The fourth-order valence-electron chi connectivity index (χ4n) is 1.82. The second-order valence-electron chi connectivity index (χ2n) is 6.59. The molecule has 0 radical (unpaired) electrons. The molecule has 0 unspecified atom stereocenters. The summed E-state index contributed by atoms with van der Waals surface area (Å²) in [6, 6.07) is 2.09. The molecule has 5 heteroatoms. The molecule has 0 aromatic carbocycles. The molecule has 2 heterocycles. The van der Waals surface area contributed by atoms with Gasteiger partial charge < -0.3 is 4.90 Å². The standard InChI is InChI=1S/C17H22ClN3S/c1-17(2,3)15-10-14(16(18)22-15)7-6-13-11-19-21(12-13)9-8-20(4)5/h10-12H,8-9H2,1-5H3. The highest BCUT2D eigenvalue weighted by atomic mass is 35.5. The highest BCUT2D eigenvalue weighted by molar-refractivity contribution is 7.16. The van der Waals surface area contributed by atoms with Gasteiger partial charge in [0.05, 0.1) is 23.9 Å². The number of hydrogen-bond acceptors (Lipinski definition) is 3. The maximum atomic E-state index is 6.30. The number of hydrogen-bond donors (Lipinski definition) is 0. The third-order valence-electron chi connectivity index (χ3n) is 3.18. The first-order valence-corrected chi connectivity index (χ1v) is 8.44. The van der Waals surface area contributed by atoms with Crippen molar-refractivity contribution >= 4 is 22.9 Å². The molecule has 118 valence electrons. The van der Waals surface area contributed by atoms with E-state index < -0.39 is 0 Å². The van der Waals surface area contributed by atoms with E-state index in [1.807, 2.05) is 10.9 Å². The summed E-state index contributed by atoms with van der Waals surface area (Å²) in [4.78, 5) is 3.38. The van der Waals surface area contributed by atoms with Crippen LogP contribution >= 0.6 is 22.9 Å². The number of halogens is 1.